The quantitative estimate of drug-likeness (QED) is 0.839. The van der Waals surface area contributed by atoms with Gasteiger partial charge in [-0.3, -0.25) is 4.79 Å². The molecule has 1 aromatic rings. The van der Waals surface area contributed by atoms with Crippen molar-refractivity contribution in [2.24, 2.45) is 5.92 Å². The number of rotatable bonds is 4. The summed E-state index contributed by atoms with van der Waals surface area (Å²) in [6.45, 7) is 1.37. The summed E-state index contributed by atoms with van der Waals surface area (Å²) in [6.07, 6.45) is 2.37. The predicted octanol–water partition coefficient (Wildman–Crippen LogP) is 1.97. The Hall–Kier alpha value is -1.11. The van der Waals surface area contributed by atoms with Gasteiger partial charge in [-0.05, 0) is 30.5 Å². The summed E-state index contributed by atoms with van der Waals surface area (Å²) >= 11 is 5.85. The number of amides is 1. The first-order valence-electron chi connectivity index (χ1n) is 7.22. The largest absolute Gasteiger partial charge is 0.341 e. The molecule has 0 aromatic heterocycles. The molecule has 0 atom stereocenters. The van der Waals surface area contributed by atoms with Crippen LogP contribution in [0.15, 0.2) is 24.3 Å². The highest BCUT2D eigenvalue weighted by atomic mass is 35.5. The lowest BCUT2D eigenvalue weighted by molar-refractivity contribution is -0.135. The lowest BCUT2D eigenvalue weighted by atomic mass is 9.96. The van der Waals surface area contributed by atoms with Crippen molar-refractivity contribution in [2.75, 3.05) is 26.4 Å². The van der Waals surface area contributed by atoms with Crippen molar-refractivity contribution < 1.29 is 13.2 Å². The average molecular weight is 345 g/mol. The third-order valence-corrected chi connectivity index (χ3v) is 5.54. The highest BCUT2D eigenvalue weighted by Gasteiger charge is 2.30. The van der Waals surface area contributed by atoms with Crippen LogP contribution in [0.2, 0.25) is 5.02 Å². The maximum atomic E-state index is 12.5. The zero-order valence-corrected chi connectivity index (χ0v) is 14.4. The molecule has 5 nitrogen and oxygen atoms in total. The SMILES string of the molecule is CN(Cc1ccc(Cl)cc1)C(=O)C1CCN(S(C)(=O)=O)CC1. The second-order valence-electron chi connectivity index (χ2n) is 5.76. The van der Waals surface area contributed by atoms with Crippen LogP contribution in [0.3, 0.4) is 0 Å². The van der Waals surface area contributed by atoms with Crippen LogP contribution in [0, 0.1) is 5.92 Å². The third kappa shape index (κ3) is 4.44. The molecule has 1 aliphatic heterocycles. The van der Waals surface area contributed by atoms with Crippen molar-refractivity contribution in [2.45, 2.75) is 19.4 Å². The molecule has 1 amide bonds. The first-order chi connectivity index (χ1) is 10.3. The van der Waals surface area contributed by atoms with Gasteiger partial charge in [-0.25, -0.2) is 12.7 Å². The summed E-state index contributed by atoms with van der Waals surface area (Å²) in [5.41, 5.74) is 1.02. The first-order valence-corrected chi connectivity index (χ1v) is 9.44. The van der Waals surface area contributed by atoms with Crippen LogP contribution in [-0.2, 0) is 21.4 Å². The van der Waals surface area contributed by atoms with Crippen LogP contribution in [0.4, 0.5) is 0 Å². The number of carbonyl (C=O) groups excluding carboxylic acids is 1. The van der Waals surface area contributed by atoms with Gasteiger partial charge in [-0.15, -0.1) is 0 Å². The van der Waals surface area contributed by atoms with Gasteiger partial charge in [-0.1, -0.05) is 23.7 Å². The fraction of sp³-hybridized carbons (Fsp3) is 0.533. The van der Waals surface area contributed by atoms with E-state index in [2.05, 4.69) is 0 Å². The maximum Gasteiger partial charge on any atom is 0.225 e. The number of hydrogen-bond donors (Lipinski definition) is 0. The number of carbonyl (C=O) groups is 1. The second kappa shape index (κ2) is 6.98. The maximum absolute atomic E-state index is 12.5. The molecule has 2 rings (SSSR count). The van der Waals surface area contributed by atoms with E-state index in [1.165, 1.54) is 10.6 Å². The lowest BCUT2D eigenvalue weighted by Crippen LogP contribution is -2.42. The Morgan fingerprint density at radius 2 is 1.82 bits per heavy atom. The number of benzene rings is 1. The molecular weight excluding hydrogens is 324 g/mol. The minimum Gasteiger partial charge on any atom is -0.341 e. The molecule has 0 spiro atoms. The molecule has 0 N–H and O–H groups in total. The van der Waals surface area contributed by atoms with Gasteiger partial charge in [0.15, 0.2) is 0 Å². The van der Waals surface area contributed by atoms with Gasteiger partial charge < -0.3 is 4.90 Å². The molecule has 22 heavy (non-hydrogen) atoms. The summed E-state index contributed by atoms with van der Waals surface area (Å²) in [7, 11) is -1.37. The summed E-state index contributed by atoms with van der Waals surface area (Å²) < 4.78 is 24.4. The molecule has 0 radical (unpaired) electrons. The van der Waals surface area contributed by atoms with E-state index in [1.54, 1.807) is 24.1 Å². The molecule has 0 unspecified atom stereocenters. The Labute approximate surface area is 136 Å². The monoisotopic (exact) mass is 344 g/mol. The van der Waals surface area contributed by atoms with E-state index in [1.807, 2.05) is 12.1 Å². The molecule has 1 fully saturated rings. The summed E-state index contributed by atoms with van der Waals surface area (Å²) in [6, 6.07) is 7.41. The smallest absolute Gasteiger partial charge is 0.225 e. The fourth-order valence-electron chi connectivity index (χ4n) is 2.69. The van der Waals surface area contributed by atoms with E-state index >= 15 is 0 Å². The van der Waals surface area contributed by atoms with Crippen LogP contribution >= 0.6 is 11.6 Å². The number of piperidine rings is 1. The van der Waals surface area contributed by atoms with Gasteiger partial charge >= 0.3 is 0 Å². The Balaban J connectivity index is 1.90. The van der Waals surface area contributed by atoms with Crippen molar-refractivity contribution in [3.8, 4) is 0 Å². The molecule has 1 aliphatic rings. The molecule has 122 valence electrons. The minimum absolute atomic E-state index is 0.0723. The molecule has 1 saturated heterocycles. The predicted molar refractivity (Wildman–Crippen MR) is 87.1 cm³/mol. The van der Waals surface area contributed by atoms with Crippen LogP contribution in [0.1, 0.15) is 18.4 Å². The highest BCUT2D eigenvalue weighted by molar-refractivity contribution is 7.88. The number of sulfonamides is 1. The van der Waals surface area contributed by atoms with Gasteiger partial charge in [0.25, 0.3) is 0 Å². The van der Waals surface area contributed by atoms with E-state index in [4.69, 9.17) is 11.6 Å². The van der Waals surface area contributed by atoms with Crippen LogP contribution in [0.5, 0.6) is 0 Å². The molecule has 1 heterocycles. The number of nitrogens with zero attached hydrogens (tertiary/aromatic N) is 2. The van der Waals surface area contributed by atoms with Gasteiger partial charge in [-0.2, -0.15) is 0 Å². The highest BCUT2D eigenvalue weighted by Crippen LogP contribution is 2.22. The molecule has 0 saturated carbocycles. The van der Waals surface area contributed by atoms with E-state index in [-0.39, 0.29) is 11.8 Å². The van der Waals surface area contributed by atoms with E-state index in [0.29, 0.717) is 37.5 Å². The van der Waals surface area contributed by atoms with Crippen molar-refractivity contribution in [3.05, 3.63) is 34.9 Å². The average Bonchev–Trinajstić information content (AvgIpc) is 2.48. The van der Waals surface area contributed by atoms with Gasteiger partial charge in [0.1, 0.15) is 0 Å². The molecule has 0 bridgehead atoms. The fourth-order valence-corrected chi connectivity index (χ4v) is 3.69. The second-order valence-corrected chi connectivity index (χ2v) is 8.18. The van der Waals surface area contributed by atoms with Crippen molar-refractivity contribution in [1.82, 2.24) is 9.21 Å². The molecule has 7 heteroatoms. The minimum atomic E-state index is -3.15. The Kier molecular flexibility index (Phi) is 5.47. The van der Waals surface area contributed by atoms with Crippen LogP contribution in [-0.4, -0.2) is 49.9 Å². The molecule has 1 aromatic carbocycles. The topological polar surface area (TPSA) is 57.7 Å². The van der Waals surface area contributed by atoms with E-state index in [0.717, 1.165) is 5.56 Å². The molecule has 0 aliphatic carbocycles. The Morgan fingerprint density at radius 3 is 2.32 bits per heavy atom. The van der Waals surface area contributed by atoms with Crippen LogP contribution < -0.4 is 0 Å². The zero-order valence-electron chi connectivity index (χ0n) is 12.8. The summed E-state index contributed by atoms with van der Waals surface area (Å²) in [5.74, 6) is -0.0293. The number of halogens is 1. The number of hydrogen-bond acceptors (Lipinski definition) is 3. The lowest BCUT2D eigenvalue weighted by Gasteiger charge is -2.31. The first kappa shape index (κ1) is 17.2. The van der Waals surface area contributed by atoms with E-state index < -0.39 is 10.0 Å². The van der Waals surface area contributed by atoms with Gasteiger partial charge in [0.2, 0.25) is 15.9 Å². The normalized spacial score (nSPS) is 17.4. The van der Waals surface area contributed by atoms with Crippen LogP contribution in [0.25, 0.3) is 0 Å². The van der Waals surface area contributed by atoms with Crippen molar-refractivity contribution in [1.29, 1.82) is 0 Å². The van der Waals surface area contributed by atoms with Crippen molar-refractivity contribution in [3.63, 3.8) is 0 Å². The molecular formula is C15H21ClN2O3S. The third-order valence-electron chi connectivity index (χ3n) is 3.98. The Morgan fingerprint density at radius 1 is 1.27 bits per heavy atom. The van der Waals surface area contributed by atoms with E-state index in [9.17, 15) is 13.2 Å². The van der Waals surface area contributed by atoms with Gasteiger partial charge in [0, 0.05) is 37.6 Å². The van der Waals surface area contributed by atoms with Gasteiger partial charge in [0.05, 0.1) is 6.26 Å². The van der Waals surface area contributed by atoms with Crippen molar-refractivity contribution >= 4 is 27.5 Å². The Bertz CT molecular complexity index is 623. The summed E-state index contributed by atoms with van der Waals surface area (Å²) in [4.78, 5) is 14.2. The summed E-state index contributed by atoms with van der Waals surface area (Å²) in [5, 5.41) is 0.672. The zero-order chi connectivity index (χ0) is 16.3. The standard InChI is InChI=1S/C15H21ClN2O3S/c1-17(11-12-3-5-14(16)6-4-12)15(19)13-7-9-18(10-8-13)22(2,20)21/h3-6,13H,7-11H2,1-2H3.